The van der Waals surface area contributed by atoms with Gasteiger partial charge in [-0.25, -0.2) is 15.0 Å². The van der Waals surface area contributed by atoms with Crippen LogP contribution in [0, 0.1) is 5.92 Å². The number of hydrogen-bond acceptors (Lipinski definition) is 3. The van der Waals surface area contributed by atoms with Crippen molar-refractivity contribution in [3.05, 3.63) is 161 Å². The summed E-state index contributed by atoms with van der Waals surface area (Å²) >= 11 is 0. The normalized spacial score (nSPS) is 20.3. The van der Waals surface area contributed by atoms with E-state index in [-0.39, 0.29) is 16.2 Å². The van der Waals surface area contributed by atoms with E-state index in [0.29, 0.717) is 29.3 Å². The first-order valence-corrected chi connectivity index (χ1v) is 18.3. The smallest absolute Gasteiger partial charge is 0.164 e. The average molecular weight is 660 g/mol. The van der Waals surface area contributed by atoms with Crippen molar-refractivity contribution in [3.63, 3.8) is 0 Å². The van der Waals surface area contributed by atoms with E-state index in [9.17, 15) is 0 Å². The van der Waals surface area contributed by atoms with Gasteiger partial charge in [-0.2, -0.15) is 0 Å². The number of hydrogen-bond donors (Lipinski definition) is 0. The van der Waals surface area contributed by atoms with Crippen LogP contribution in [0.4, 0.5) is 0 Å². The average Bonchev–Trinajstić information content (AvgIpc) is 3.64. The van der Waals surface area contributed by atoms with E-state index in [1.165, 1.54) is 55.6 Å². The Bertz CT molecular complexity index is 2400. The van der Waals surface area contributed by atoms with Crippen LogP contribution in [0.3, 0.4) is 0 Å². The van der Waals surface area contributed by atoms with Crippen LogP contribution in [-0.2, 0) is 16.2 Å². The molecule has 2 atom stereocenters. The van der Waals surface area contributed by atoms with Crippen molar-refractivity contribution < 1.29 is 0 Å². The molecular formula is C48H41N3. The largest absolute Gasteiger partial charge is 0.208 e. The maximum absolute atomic E-state index is 5.27. The van der Waals surface area contributed by atoms with Gasteiger partial charge in [0.2, 0.25) is 0 Å². The summed E-state index contributed by atoms with van der Waals surface area (Å²) in [5.41, 5.74) is 16.2. The van der Waals surface area contributed by atoms with Gasteiger partial charge in [-0.1, -0.05) is 151 Å². The van der Waals surface area contributed by atoms with Gasteiger partial charge in [0.05, 0.1) is 0 Å². The van der Waals surface area contributed by atoms with E-state index < -0.39 is 0 Å². The van der Waals surface area contributed by atoms with Gasteiger partial charge < -0.3 is 0 Å². The predicted molar refractivity (Wildman–Crippen MR) is 209 cm³/mol. The van der Waals surface area contributed by atoms with Crippen LogP contribution in [0.2, 0.25) is 0 Å². The molecule has 0 spiro atoms. The van der Waals surface area contributed by atoms with Gasteiger partial charge in [0, 0.05) is 33.4 Å². The zero-order valence-electron chi connectivity index (χ0n) is 30.1. The molecule has 3 nitrogen and oxygen atoms in total. The zero-order valence-corrected chi connectivity index (χ0v) is 30.1. The van der Waals surface area contributed by atoms with E-state index in [1.54, 1.807) is 0 Å². The number of benzene rings is 5. The lowest BCUT2D eigenvalue weighted by atomic mass is 9.74. The quantitative estimate of drug-likeness (QED) is 0.190. The van der Waals surface area contributed by atoms with Gasteiger partial charge >= 0.3 is 0 Å². The molecule has 5 aromatic carbocycles. The molecule has 0 aliphatic heterocycles. The Hall–Kier alpha value is -5.41. The minimum absolute atomic E-state index is 0.00287. The molecule has 51 heavy (non-hydrogen) atoms. The fourth-order valence-electron chi connectivity index (χ4n) is 9.77. The van der Waals surface area contributed by atoms with Crippen LogP contribution in [0.15, 0.2) is 127 Å². The van der Waals surface area contributed by atoms with Crippen LogP contribution in [0.1, 0.15) is 80.8 Å². The maximum Gasteiger partial charge on any atom is 0.164 e. The molecule has 0 N–H and O–H groups in total. The summed E-state index contributed by atoms with van der Waals surface area (Å²) < 4.78 is 0. The van der Waals surface area contributed by atoms with Crippen molar-refractivity contribution >= 4 is 0 Å². The van der Waals surface area contributed by atoms with Gasteiger partial charge in [-0.05, 0) is 85.2 Å². The van der Waals surface area contributed by atoms with Crippen LogP contribution >= 0.6 is 0 Å². The molecule has 10 rings (SSSR count). The first-order chi connectivity index (χ1) is 24.5. The van der Waals surface area contributed by atoms with E-state index in [1.807, 2.05) is 0 Å². The third-order valence-electron chi connectivity index (χ3n) is 12.7. The molecule has 6 aromatic rings. The van der Waals surface area contributed by atoms with Crippen LogP contribution in [0.5, 0.6) is 0 Å². The second kappa shape index (κ2) is 10.3. The molecule has 4 aliphatic carbocycles. The summed E-state index contributed by atoms with van der Waals surface area (Å²) in [5, 5.41) is 0. The molecule has 4 aliphatic rings. The van der Waals surface area contributed by atoms with Crippen molar-refractivity contribution in [3.8, 4) is 56.4 Å². The standard InChI is InChI=1S/C48H41N3/c1-46(2)37-16-10-7-13-31(37)34-22-19-28(25-40(34)46)43-49-44(29-20-23-35-32-14-8-11-17-38(32)47(3,4)41(35)26-29)51-45(50-43)30-21-24-36-33-15-9-12-18-39(33)48(5,6)42(36)27-30/h7-27,31,37H,1-6H3. The number of fused-ring (bicyclic) bond motifs is 9. The van der Waals surface area contributed by atoms with Gasteiger partial charge in [-0.3, -0.25) is 0 Å². The molecule has 1 heterocycles. The monoisotopic (exact) mass is 659 g/mol. The Balaban J connectivity index is 1.15. The highest BCUT2D eigenvalue weighted by Crippen LogP contribution is 2.54. The lowest BCUT2D eigenvalue weighted by Gasteiger charge is -2.29. The number of aromatic nitrogens is 3. The Morgan fingerprint density at radius 2 is 0.863 bits per heavy atom. The Labute approximate surface area is 300 Å². The summed E-state index contributed by atoms with van der Waals surface area (Å²) in [6.45, 7) is 14.1. The molecule has 2 unspecified atom stereocenters. The van der Waals surface area contributed by atoms with Crippen molar-refractivity contribution in [1.82, 2.24) is 15.0 Å². The first kappa shape index (κ1) is 30.4. The highest BCUT2D eigenvalue weighted by atomic mass is 15.0. The molecule has 0 saturated carbocycles. The van der Waals surface area contributed by atoms with Gasteiger partial charge in [-0.15, -0.1) is 0 Å². The molecular weight excluding hydrogens is 619 g/mol. The molecule has 0 fully saturated rings. The van der Waals surface area contributed by atoms with Gasteiger partial charge in [0.15, 0.2) is 17.5 Å². The second-order valence-corrected chi connectivity index (χ2v) is 16.5. The first-order valence-electron chi connectivity index (χ1n) is 18.3. The van der Waals surface area contributed by atoms with E-state index in [2.05, 4.69) is 169 Å². The fraction of sp³-hybridized carbons (Fsp3) is 0.229. The second-order valence-electron chi connectivity index (χ2n) is 16.5. The van der Waals surface area contributed by atoms with Crippen LogP contribution in [-0.4, -0.2) is 15.0 Å². The lowest BCUT2D eigenvalue weighted by molar-refractivity contribution is 0.394. The third-order valence-corrected chi connectivity index (χ3v) is 12.7. The Kier molecular flexibility index (Phi) is 6.16. The van der Waals surface area contributed by atoms with E-state index in [4.69, 9.17) is 15.0 Å². The molecule has 1 aromatic heterocycles. The molecule has 0 saturated heterocycles. The SMILES string of the molecule is CC1(C)c2ccccc2-c2ccc(-c3nc(-c4ccc5c(c4)C(C)(C)c4ccccc4-5)nc(-c4ccc5c(c4)C(C)(C)C4C=CC=CC54)n3)cc21. The van der Waals surface area contributed by atoms with Crippen LogP contribution in [0.25, 0.3) is 56.4 Å². The van der Waals surface area contributed by atoms with E-state index >= 15 is 0 Å². The minimum atomic E-state index is -0.119. The minimum Gasteiger partial charge on any atom is -0.208 e. The van der Waals surface area contributed by atoms with Crippen molar-refractivity contribution in [2.75, 3.05) is 0 Å². The van der Waals surface area contributed by atoms with Gasteiger partial charge in [0.25, 0.3) is 0 Å². The van der Waals surface area contributed by atoms with E-state index in [0.717, 1.165) is 16.7 Å². The van der Waals surface area contributed by atoms with Crippen molar-refractivity contribution in [1.29, 1.82) is 0 Å². The predicted octanol–water partition coefficient (Wildman–Crippen LogP) is 11.6. The third kappa shape index (κ3) is 4.21. The summed E-state index contributed by atoms with van der Waals surface area (Å²) in [4.78, 5) is 15.8. The summed E-state index contributed by atoms with van der Waals surface area (Å²) in [6, 6.07) is 38.0. The number of rotatable bonds is 3. The molecule has 248 valence electrons. The highest BCUT2D eigenvalue weighted by molar-refractivity contribution is 5.85. The summed E-state index contributed by atoms with van der Waals surface area (Å²) in [7, 11) is 0. The fourth-order valence-corrected chi connectivity index (χ4v) is 9.77. The number of nitrogens with zero attached hydrogens (tertiary/aromatic N) is 3. The topological polar surface area (TPSA) is 38.7 Å². The van der Waals surface area contributed by atoms with Gasteiger partial charge in [0.1, 0.15) is 0 Å². The lowest BCUT2D eigenvalue weighted by Crippen LogP contribution is -2.24. The summed E-state index contributed by atoms with van der Waals surface area (Å²) in [5.74, 6) is 2.95. The molecule has 0 amide bonds. The van der Waals surface area contributed by atoms with Crippen LogP contribution < -0.4 is 0 Å². The summed E-state index contributed by atoms with van der Waals surface area (Å²) in [6.07, 6.45) is 9.13. The van der Waals surface area contributed by atoms with Crippen molar-refractivity contribution in [2.45, 2.75) is 63.7 Å². The molecule has 3 heteroatoms. The molecule has 0 radical (unpaired) electrons. The zero-order chi connectivity index (χ0) is 34.9. The highest BCUT2D eigenvalue weighted by Gasteiger charge is 2.44. The van der Waals surface area contributed by atoms with Crippen molar-refractivity contribution in [2.24, 2.45) is 5.92 Å². The Morgan fingerprint density at radius 1 is 0.431 bits per heavy atom. The Morgan fingerprint density at radius 3 is 1.39 bits per heavy atom. The maximum atomic E-state index is 5.27. The molecule has 0 bridgehead atoms. The number of allylic oxidation sites excluding steroid dienone is 4.